The Morgan fingerprint density at radius 1 is 1.24 bits per heavy atom. The number of hydrogen-bond donors (Lipinski definition) is 1. The van der Waals surface area contributed by atoms with Crippen LogP contribution in [0.2, 0.25) is 5.02 Å². The summed E-state index contributed by atoms with van der Waals surface area (Å²) >= 11 is 6.16. The fourth-order valence-corrected chi connectivity index (χ4v) is 2.46. The van der Waals surface area contributed by atoms with Crippen molar-refractivity contribution in [3.8, 4) is 11.5 Å². The SMILES string of the molecule is CCCc1nc(NC)cc(-c2cc3cccc(Cl)c3o2)n1. The monoisotopic (exact) mass is 301 g/mol. The maximum Gasteiger partial charge on any atom is 0.154 e. The summed E-state index contributed by atoms with van der Waals surface area (Å²) in [6.45, 7) is 2.11. The molecule has 3 rings (SSSR count). The van der Waals surface area contributed by atoms with Gasteiger partial charge in [0.15, 0.2) is 11.3 Å². The van der Waals surface area contributed by atoms with Gasteiger partial charge in [-0.3, -0.25) is 0 Å². The molecule has 5 heteroatoms. The van der Waals surface area contributed by atoms with E-state index in [0.29, 0.717) is 16.4 Å². The van der Waals surface area contributed by atoms with Crippen molar-refractivity contribution < 1.29 is 4.42 Å². The number of nitrogens with zero attached hydrogens (tertiary/aromatic N) is 2. The van der Waals surface area contributed by atoms with Crippen LogP contribution >= 0.6 is 11.6 Å². The zero-order valence-electron chi connectivity index (χ0n) is 12.0. The summed E-state index contributed by atoms with van der Waals surface area (Å²) in [6.07, 6.45) is 1.84. The van der Waals surface area contributed by atoms with Crippen molar-refractivity contribution in [2.24, 2.45) is 0 Å². The number of furan rings is 1. The molecule has 0 radical (unpaired) electrons. The molecule has 0 unspecified atom stereocenters. The summed E-state index contributed by atoms with van der Waals surface area (Å²) < 4.78 is 5.87. The Morgan fingerprint density at radius 2 is 2.10 bits per heavy atom. The number of nitrogens with one attached hydrogen (secondary N) is 1. The van der Waals surface area contributed by atoms with Gasteiger partial charge in [-0.15, -0.1) is 0 Å². The maximum absolute atomic E-state index is 6.16. The van der Waals surface area contributed by atoms with Gasteiger partial charge in [0, 0.05) is 24.9 Å². The van der Waals surface area contributed by atoms with Crippen LogP contribution < -0.4 is 5.32 Å². The lowest BCUT2D eigenvalue weighted by Gasteiger charge is -2.05. The molecule has 0 aliphatic rings. The molecule has 0 atom stereocenters. The molecule has 0 saturated heterocycles. The van der Waals surface area contributed by atoms with E-state index < -0.39 is 0 Å². The molecule has 3 aromatic rings. The quantitative estimate of drug-likeness (QED) is 0.769. The summed E-state index contributed by atoms with van der Waals surface area (Å²) in [7, 11) is 1.84. The first kappa shape index (κ1) is 13.9. The average molecular weight is 302 g/mol. The second-order valence-electron chi connectivity index (χ2n) is 4.82. The molecule has 2 heterocycles. The van der Waals surface area contributed by atoms with E-state index in [1.54, 1.807) is 0 Å². The maximum atomic E-state index is 6.16. The van der Waals surface area contributed by atoms with E-state index >= 15 is 0 Å². The number of rotatable bonds is 4. The first-order chi connectivity index (χ1) is 10.2. The second kappa shape index (κ2) is 5.74. The third-order valence-corrected chi connectivity index (χ3v) is 3.55. The van der Waals surface area contributed by atoms with Gasteiger partial charge in [0.1, 0.15) is 17.3 Å². The Bertz CT molecular complexity index is 782. The second-order valence-corrected chi connectivity index (χ2v) is 5.23. The number of aryl methyl sites for hydroxylation is 1. The number of fused-ring (bicyclic) bond motifs is 1. The highest BCUT2D eigenvalue weighted by atomic mass is 35.5. The van der Waals surface area contributed by atoms with Gasteiger partial charge in [0.25, 0.3) is 0 Å². The molecule has 0 aliphatic heterocycles. The minimum Gasteiger partial charge on any atom is -0.453 e. The smallest absolute Gasteiger partial charge is 0.154 e. The Labute approximate surface area is 128 Å². The molecule has 0 saturated carbocycles. The molecular formula is C16H16ClN3O. The third-order valence-electron chi connectivity index (χ3n) is 3.25. The minimum atomic E-state index is 0.607. The summed E-state index contributed by atoms with van der Waals surface area (Å²) in [5, 5.41) is 4.64. The predicted octanol–water partition coefficient (Wildman–Crippen LogP) is 4.54. The molecule has 108 valence electrons. The van der Waals surface area contributed by atoms with E-state index in [1.807, 2.05) is 37.4 Å². The van der Waals surface area contributed by atoms with Crippen LogP contribution in [0, 0.1) is 0 Å². The number of benzene rings is 1. The van der Waals surface area contributed by atoms with Crippen molar-refractivity contribution in [3.05, 3.63) is 41.2 Å². The van der Waals surface area contributed by atoms with E-state index in [-0.39, 0.29) is 0 Å². The lowest BCUT2D eigenvalue weighted by atomic mass is 10.2. The Kier molecular flexibility index (Phi) is 3.80. The molecule has 0 spiro atoms. The van der Waals surface area contributed by atoms with Gasteiger partial charge in [-0.25, -0.2) is 9.97 Å². The number of aromatic nitrogens is 2. The van der Waals surface area contributed by atoms with Crippen LogP contribution in [-0.2, 0) is 6.42 Å². The molecule has 1 N–H and O–H groups in total. The molecule has 0 fully saturated rings. The lowest BCUT2D eigenvalue weighted by Crippen LogP contribution is -2.01. The first-order valence-corrected chi connectivity index (χ1v) is 7.33. The van der Waals surface area contributed by atoms with Crippen LogP contribution in [0.1, 0.15) is 19.2 Å². The van der Waals surface area contributed by atoms with Crippen LogP contribution in [0.25, 0.3) is 22.4 Å². The molecular weight excluding hydrogens is 286 g/mol. The largest absolute Gasteiger partial charge is 0.453 e. The van der Waals surface area contributed by atoms with E-state index in [0.717, 1.165) is 35.6 Å². The van der Waals surface area contributed by atoms with E-state index in [9.17, 15) is 0 Å². The molecule has 0 aliphatic carbocycles. The van der Waals surface area contributed by atoms with Gasteiger partial charge in [0.05, 0.1) is 5.02 Å². The average Bonchev–Trinajstić information content (AvgIpc) is 2.93. The minimum absolute atomic E-state index is 0.607. The van der Waals surface area contributed by atoms with Crippen LogP contribution in [-0.4, -0.2) is 17.0 Å². The molecule has 2 aromatic heterocycles. The molecule has 4 nitrogen and oxygen atoms in total. The Hall–Kier alpha value is -2.07. The van der Waals surface area contributed by atoms with Gasteiger partial charge in [0.2, 0.25) is 0 Å². The molecule has 0 bridgehead atoms. The summed E-state index contributed by atoms with van der Waals surface area (Å²) in [6, 6.07) is 9.54. The number of halogens is 1. The molecule has 0 amide bonds. The summed E-state index contributed by atoms with van der Waals surface area (Å²) in [5.41, 5.74) is 1.46. The van der Waals surface area contributed by atoms with Crippen molar-refractivity contribution in [2.75, 3.05) is 12.4 Å². The summed E-state index contributed by atoms with van der Waals surface area (Å²) in [5.74, 6) is 2.30. The van der Waals surface area contributed by atoms with Gasteiger partial charge in [-0.05, 0) is 18.6 Å². The highest BCUT2D eigenvalue weighted by molar-refractivity contribution is 6.34. The van der Waals surface area contributed by atoms with Gasteiger partial charge >= 0.3 is 0 Å². The van der Waals surface area contributed by atoms with Gasteiger partial charge in [-0.1, -0.05) is 30.7 Å². The van der Waals surface area contributed by atoms with E-state index in [2.05, 4.69) is 22.2 Å². The van der Waals surface area contributed by atoms with E-state index in [1.165, 1.54) is 0 Å². The van der Waals surface area contributed by atoms with Crippen molar-refractivity contribution in [2.45, 2.75) is 19.8 Å². The fourth-order valence-electron chi connectivity index (χ4n) is 2.24. The highest BCUT2D eigenvalue weighted by Gasteiger charge is 2.12. The third kappa shape index (κ3) is 2.72. The zero-order valence-corrected chi connectivity index (χ0v) is 12.7. The number of para-hydroxylation sites is 1. The highest BCUT2D eigenvalue weighted by Crippen LogP contribution is 2.31. The van der Waals surface area contributed by atoms with Crippen LogP contribution in [0.4, 0.5) is 5.82 Å². The summed E-state index contributed by atoms with van der Waals surface area (Å²) in [4.78, 5) is 9.03. The Morgan fingerprint density at radius 3 is 2.81 bits per heavy atom. The molecule has 21 heavy (non-hydrogen) atoms. The predicted molar refractivity (Wildman–Crippen MR) is 85.8 cm³/mol. The Balaban J connectivity index is 2.12. The standard InChI is InChI=1S/C16H16ClN3O/c1-3-5-14-19-12(9-15(18-2)20-14)13-8-10-6-4-7-11(17)16(10)21-13/h4,6-9H,3,5H2,1-2H3,(H,18,19,20). The van der Waals surface area contributed by atoms with Crippen molar-refractivity contribution in [3.63, 3.8) is 0 Å². The lowest BCUT2D eigenvalue weighted by molar-refractivity contribution is 0.627. The topological polar surface area (TPSA) is 51.0 Å². The van der Waals surface area contributed by atoms with Gasteiger partial charge in [-0.2, -0.15) is 0 Å². The fraction of sp³-hybridized carbons (Fsp3) is 0.250. The first-order valence-electron chi connectivity index (χ1n) is 6.95. The zero-order chi connectivity index (χ0) is 14.8. The van der Waals surface area contributed by atoms with Crippen LogP contribution in [0.15, 0.2) is 34.7 Å². The van der Waals surface area contributed by atoms with Crippen LogP contribution in [0.5, 0.6) is 0 Å². The van der Waals surface area contributed by atoms with Crippen LogP contribution in [0.3, 0.4) is 0 Å². The van der Waals surface area contributed by atoms with Gasteiger partial charge < -0.3 is 9.73 Å². The normalized spacial score (nSPS) is 11.0. The number of hydrogen-bond acceptors (Lipinski definition) is 4. The number of anilines is 1. The van der Waals surface area contributed by atoms with E-state index in [4.69, 9.17) is 16.0 Å². The van der Waals surface area contributed by atoms with Crippen molar-refractivity contribution in [1.82, 2.24) is 9.97 Å². The van der Waals surface area contributed by atoms with Crippen molar-refractivity contribution >= 4 is 28.4 Å². The van der Waals surface area contributed by atoms with Crippen molar-refractivity contribution in [1.29, 1.82) is 0 Å². The molecule has 1 aromatic carbocycles.